The zero-order valence-electron chi connectivity index (χ0n) is 24.3. The van der Waals surface area contributed by atoms with Gasteiger partial charge in [0, 0.05) is 47.1 Å². The van der Waals surface area contributed by atoms with Crippen LogP contribution < -0.4 is 4.74 Å². The summed E-state index contributed by atoms with van der Waals surface area (Å²) in [6.45, 7) is 1.77. The molecule has 8 N–H and O–H groups in total. The van der Waals surface area contributed by atoms with Crippen LogP contribution in [0.5, 0.6) is 46.0 Å². The number of aliphatic hydroxyl groups excluding tert-OH is 1. The highest BCUT2D eigenvalue weighted by molar-refractivity contribution is 6.03. The Morgan fingerprint density at radius 2 is 1.39 bits per heavy atom. The predicted molar refractivity (Wildman–Crippen MR) is 163 cm³/mol. The monoisotopic (exact) mass is 626 g/mol. The van der Waals surface area contributed by atoms with Crippen molar-refractivity contribution in [2.24, 2.45) is 5.92 Å². The molecule has 0 saturated carbocycles. The van der Waals surface area contributed by atoms with Crippen molar-refractivity contribution in [1.29, 1.82) is 0 Å². The average molecular weight is 627 g/mol. The summed E-state index contributed by atoms with van der Waals surface area (Å²) in [5.41, 5.74) is 0.659. The zero-order chi connectivity index (χ0) is 33.0. The highest BCUT2D eigenvalue weighted by atomic mass is 16.5. The van der Waals surface area contributed by atoms with E-state index in [9.17, 15) is 50.4 Å². The topological polar surface area (TPSA) is 205 Å². The van der Waals surface area contributed by atoms with Gasteiger partial charge in [0.1, 0.15) is 46.0 Å². The third kappa shape index (κ3) is 5.10. The summed E-state index contributed by atoms with van der Waals surface area (Å²) >= 11 is 0. The smallest absolute Gasteiger partial charge is 0.199 e. The first-order valence-corrected chi connectivity index (χ1v) is 14.4. The van der Waals surface area contributed by atoms with Crippen LogP contribution in [0.25, 0.3) is 0 Å². The molecule has 1 heterocycles. The Morgan fingerprint density at radius 1 is 0.761 bits per heavy atom. The normalized spacial score (nSPS) is 22.4. The third-order valence-corrected chi connectivity index (χ3v) is 8.69. The van der Waals surface area contributed by atoms with Crippen molar-refractivity contribution in [1.82, 2.24) is 0 Å². The highest BCUT2D eigenvalue weighted by Crippen LogP contribution is 2.54. The minimum absolute atomic E-state index is 0.0264. The lowest BCUT2D eigenvalue weighted by atomic mass is 9.65. The van der Waals surface area contributed by atoms with Gasteiger partial charge in [0.15, 0.2) is 23.8 Å². The Kier molecular flexibility index (Phi) is 7.49. The number of benzene rings is 4. The molecule has 2 aliphatic rings. The maximum absolute atomic E-state index is 14.4. The van der Waals surface area contributed by atoms with Crippen molar-refractivity contribution in [2.45, 2.75) is 37.4 Å². The summed E-state index contributed by atoms with van der Waals surface area (Å²) in [6.07, 6.45) is -1.31. The number of fused-ring (bicyclic) bond motifs is 1. The van der Waals surface area contributed by atoms with Gasteiger partial charge in [-0.15, -0.1) is 0 Å². The third-order valence-electron chi connectivity index (χ3n) is 8.69. The van der Waals surface area contributed by atoms with Gasteiger partial charge in [-0.25, -0.2) is 0 Å². The van der Waals surface area contributed by atoms with Gasteiger partial charge in [-0.2, -0.15) is 0 Å². The summed E-state index contributed by atoms with van der Waals surface area (Å²) in [5.74, 6) is -6.94. The van der Waals surface area contributed by atoms with E-state index in [4.69, 9.17) is 4.74 Å². The predicted octanol–water partition coefficient (Wildman–Crippen LogP) is 5.02. The van der Waals surface area contributed by atoms with E-state index in [-0.39, 0.29) is 63.0 Å². The molecular weight excluding hydrogens is 596 g/mol. The minimum atomic E-state index is -1.77. The van der Waals surface area contributed by atoms with Crippen molar-refractivity contribution >= 4 is 11.6 Å². The molecular formula is C35H30O11. The lowest BCUT2D eigenvalue weighted by Gasteiger charge is -2.38. The molecule has 0 radical (unpaired) electrons. The number of hydrogen-bond acceptors (Lipinski definition) is 11. The lowest BCUT2D eigenvalue weighted by molar-refractivity contribution is 0.0207. The molecule has 0 unspecified atom stereocenters. The molecule has 236 valence electrons. The SMILES string of the molecule is CC1=C[C@H](c2c(O)ccc([C@H]3Oc4cc(O)ccc4C(=O)[C@@H]3O)c2O)[C@H](C(=O)c2ccc(O)cc2O)[C@@H](c2ccc(O)cc2O)C1. The van der Waals surface area contributed by atoms with Crippen LogP contribution in [0.4, 0.5) is 0 Å². The summed E-state index contributed by atoms with van der Waals surface area (Å²) in [5, 5.41) is 85.2. The molecule has 1 aliphatic heterocycles. The van der Waals surface area contributed by atoms with Gasteiger partial charge < -0.3 is 45.6 Å². The molecule has 11 heteroatoms. The van der Waals surface area contributed by atoms with E-state index in [1.165, 1.54) is 54.6 Å². The summed E-state index contributed by atoms with van der Waals surface area (Å²) < 4.78 is 5.89. The minimum Gasteiger partial charge on any atom is -0.508 e. The number of aliphatic hydroxyl groups is 1. The number of phenolic OH excluding ortho intramolecular Hbond substituents is 7. The van der Waals surface area contributed by atoms with Gasteiger partial charge in [0.05, 0.1) is 11.1 Å². The highest BCUT2D eigenvalue weighted by Gasteiger charge is 2.45. The van der Waals surface area contributed by atoms with Crippen LogP contribution in [-0.2, 0) is 0 Å². The van der Waals surface area contributed by atoms with Gasteiger partial charge in [-0.3, -0.25) is 9.59 Å². The Labute approximate surface area is 262 Å². The number of rotatable bonds is 5. The largest absolute Gasteiger partial charge is 0.508 e. The summed E-state index contributed by atoms with van der Waals surface area (Å²) in [7, 11) is 0. The summed E-state index contributed by atoms with van der Waals surface area (Å²) in [4.78, 5) is 27.4. The summed E-state index contributed by atoms with van der Waals surface area (Å²) in [6, 6.07) is 13.7. The molecule has 0 fully saturated rings. The van der Waals surface area contributed by atoms with Crippen LogP contribution >= 0.6 is 0 Å². The molecule has 0 bridgehead atoms. The number of hydrogen-bond donors (Lipinski definition) is 8. The van der Waals surface area contributed by atoms with Gasteiger partial charge in [0.25, 0.3) is 0 Å². The van der Waals surface area contributed by atoms with E-state index < -0.39 is 58.8 Å². The molecule has 5 atom stereocenters. The van der Waals surface area contributed by atoms with Crippen molar-refractivity contribution in [3.63, 3.8) is 0 Å². The van der Waals surface area contributed by atoms with Crippen LogP contribution in [0.3, 0.4) is 0 Å². The van der Waals surface area contributed by atoms with Crippen molar-refractivity contribution < 1.29 is 55.2 Å². The van der Waals surface area contributed by atoms with Crippen molar-refractivity contribution in [3.8, 4) is 46.0 Å². The second-order valence-electron chi connectivity index (χ2n) is 11.6. The zero-order valence-corrected chi connectivity index (χ0v) is 24.3. The van der Waals surface area contributed by atoms with Gasteiger partial charge in [0.2, 0.25) is 0 Å². The van der Waals surface area contributed by atoms with E-state index >= 15 is 0 Å². The number of carbonyl (C=O) groups excluding carboxylic acids is 2. The van der Waals surface area contributed by atoms with E-state index in [0.717, 1.165) is 17.7 Å². The standard InChI is InChI=1S/C35H30O11/c1-15-10-23(19-5-2-16(36)12-26(19)40)29(31(42)20-6-3-17(37)13-27(20)41)24(11-15)30-25(39)9-8-22(32(30)43)35-34(45)33(44)21-7-4-18(38)14-28(21)46-35/h2-9,11-14,23-24,29,34-41,43,45H,10H2,1H3/t23-,24+,29-,34+,35-/m1/s1. The molecule has 0 amide bonds. The van der Waals surface area contributed by atoms with Crippen LogP contribution in [0.15, 0.2) is 78.4 Å². The van der Waals surface area contributed by atoms with Gasteiger partial charge in [-0.05, 0) is 61.4 Å². The Bertz CT molecular complexity index is 1930. The quantitative estimate of drug-likeness (QED) is 0.109. The number of allylic oxidation sites excluding steroid dienone is 2. The Balaban J connectivity index is 1.53. The van der Waals surface area contributed by atoms with E-state index in [0.29, 0.717) is 0 Å². The Morgan fingerprint density at radius 3 is 2.09 bits per heavy atom. The molecule has 46 heavy (non-hydrogen) atoms. The fourth-order valence-electron chi connectivity index (χ4n) is 6.58. The van der Waals surface area contributed by atoms with Crippen molar-refractivity contribution in [3.05, 3.63) is 106 Å². The molecule has 6 rings (SSSR count). The van der Waals surface area contributed by atoms with E-state index in [1.54, 1.807) is 13.0 Å². The van der Waals surface area contributed by atoms with Crippen LogP contribution in [0.2, 0.25) is 0 Å². The van der Waals surface area contributed by atoms with Gasteiger partial charge in [-0.1, -0.05) is 17.7 Å². The first kappa shape index (κ1) is 30.4. The molecule has 1 aliphatic carbocycles. The number of ether oxygens (including phenoxy) is 1. The maximum atomic E-state index is 14.4. The number of carbonyl (C=O) groups is 2. The molecule has 4 aromatic rings. The molecule has 11 nitrogen and oxygen atoms in total. The van der Waals surface area contributed by atoms with Crippen LogP contribution in [-0.4, -0.2) is 58.5 Å². The first-order valence-electron chi connectivity index (χ1n) is 14.4. The second kappa shape index (κ2) is 11.4. The molecule has 4 aromatic carbocycles. The van der Waals surface area contributed by atoms with E-state index in [2.05, 4.69) is 0 Å². The molecule has 0 spiro atoms. The Hall–Kier alpha value is -5.68. The molecule has 0 aromatic heterocycles. The maximum Gasteiger partial charge on any atom is 0.199 e. The number of Topliss-reactive ketones (excluding diaryl/α,β-unsaturated/α-hetero) is 2. The fraction of sp³-hybridized carbons (Fsp3) is 0.200. The van der Waals surface area contributed by atoms with E-state index in [1.807, 2.05) is 0 Å². The van der Waals surface area contributed by atoms with Crippen molar-refractivity contribution in [2.75, 3.05) is 0 Å². The second-order valence-corrected chi connectivity index (χ2v) is 11.6. The number of ketones is 2. The number of phenols is 7. The van der Waals surface area contributed by atoms with Crippen LogP contribution in [0.1, 0.15) is 68.7 Å². The fourth-order valence-corrected chi connectivity index (χ4v) is 6.58. The first-order chi connectivity index (χ1) is 21.8. The lowest BCUT2D eigenvalue weighted by Crippen LogP contribution is -2.36. The number of aromatic hydroxyl groups is 7. The van der Waals surface area contributed by atoms with Crippen LogP contribution in [0, 0.1) is 5.92 Å². The average Bonchev–Trinajstić information content (AvgIpc) is 2.99. The molecule has 0 saturated heterocycles. The van der Waals surface area contributed by atoms with Gasteiger partial charge >= 0.3 is 0 Å².